The Morgan fingerprint density at radius 3 is 2.48 bits per heavy atom. The SMILES string of the molecule is COc1ccc(-c2c(Br)c(C)n3c(C)cnc(Cl)c23)cc1. The van der Waals surface area contributed by atoms with Gasteiger partial charge in [-0.05, 0) is 47.5 Å². The first-order valence-electron chi connectivity index (χ1n) is 6.50. The molecule has 3 rings (SSSR count). The molecule has 0 amide bonds. The molecule has 3 nitrogen and oxygen atoms in total. The fourth-order valence-electron chi connectivity index (χ4n) is 2.59. The molecule has 0 fully saturated rings. The minimum Gasteiger partial charge on any atom is -0.497 e. The average molecular weight is 366 g/mol. The lowest BCUT2D eigenvalue weighted by molar-refractivity contribution is 0.415. The summed E-state index contributed by atoms with van der Waals surface area (Å²) >= 11 is 10.0. The molecular formula is C16H14BrClN2O. The van der Waals surface area contributed by atoms with Gasteiger partial charge in [0.15, 0.2) is 5.15 Å². The molecule has 0 aliphatic rings. The topological polar surface area (TPSA) is 26.5 Å². The number of fused-ring (bicyclic) bond motifs is 1. The molecule has 1 aromatic carbocycles. The van der Waals surface area contributed by atoms with Gasteiger partial charge in [-0.1, -0.05) is 23.7 Å². The van der Waals surface area contributed by atoms with Crippen molar-refractivity contribution in [2.24, 2.45) is 0 Å². The van der Waals surface area contributed by atoms with E-state index in [2.05, 4.69) is 32.2 Å². The van der Waals surface area contributed by atoms with Crippen LogP contribution in [0.3, 0.4) is 0 Å². The zero-order valence-electron chi connectivity index (χ0n) is 11.9. The second-order valence-corrected chi connectivity index (χ2v) is 6.03. The average Bonchev–Trinajstić information content (AvgIpc) is 2.77. The summed E-state index contributed by atoms with van der Waals surface area (Å²) < 4.78 is 8.37. The molecule has 2 heterocycles. The summed E-state index contributed by atoms with van der Waals surface area (Å²) in [5.41, 5.74) is 5.20. The van der Waals surface area contributed by atoms with Crippen molar-refractivity contribution in [3.05, 3.63) is 51.5 Å². The van der Waals surface area contributed by atoms with Crippen molar-refractivity contribution in [1.82, 2.24) is 9.38 Å². The summed E-state index contributed by atoms with van der Waals surface area (Å²) in [6.45, 7) is 4.08. The van der Waals surface area contributed by atoms with Gasteiger partial charge >= 0.3 is 0 Å². The van der Waals surface area contributed by atoms with Crippen molar-refractivity contribution in [2.45, 2.75) is 13.8 Å². The van der Waals surface area contributed by atoms with Gasteiger partial charge in [0.05, 0.1) is 12.6 Å². The summed E-state index contributed by atoms with van der Waals surface area (Å²) in [5, 5.41) is 0.500. The monoisotopic (exact) mass is 364 g/mol. The van der Waals surface area contributed by atoms with Crippen LogP contribution in [0.4, 0.5) is 0 Å². The van der Waals surface area contributed by atoms with E-state index in [1.807, 2.05) is 31.2 Å². The molecule has 0 N–H and O–H groups in total. The Kier molecular flexibility index (Phi) is 3.68. The third-order valence-electron chi connectivity index (χ3n) is 3.62. The maximum atomic E-state index is 6.35. The molecule has 0 unspecified atom stereocenters. The summed E-state index contributed by atoms with van der Waals surface area (Å²) in [6, 6.07) is 7.93. The number of hydrogen-bond donors (Lipinski definition) is 0. The van der Waals surface area contributed by atoms with Crippen LogP contribution < -0.4 is 4.74 Å². The van der Waals surface area contributed by atoms with Gasteiger partial charge in [-0.15, -0.1) is 0 Å². The molecule has 21 heavy (non-hydrogen) atoms. The fourth-order valence-corrected chi connectivity index (χ4v) is 3.41. The van der Waals surface area contributed by atoms with Crippen LogP contribution in [0.5, 0.6) is 5.75 Å². The highest BCUT2D eigenvalue weighted by Crippen LogP contribution is 2.40. The predicted molar refractivity (Wildman–Crippen MR) is 89.4 cm³/mol. The van der Waals surface area contributed by atoms with Crippen molar-refractivity contribution in [3.8, 4) is 16.9 Å². The van der Waals surface area contributed by atoms with E-state index in [1.54, 1.807) is 13.3 Å². The maximum Gasteiger partial charge on any atom is 0.153 e. The van der Waals surface area contributed by atoms with Gasteiger partial charge in [0.25, 0.3) is 0 Å². The highest BCUT2D eigenvalue weighted by Gasteiger charge is 2.19. The smallest absolute Gasteiger partial charge is 0.153 e. The van der Waals surface area contributed by atoms with Gasteiger partial charge in [-0.25, -0.2) is 4.98 Å². The summed E-state index contributed by atoms with van der Waals surface area (Å²) in [7, 11) is 1.66. The Labute approximate surface area is 136 Å². The number of ether oxygens (including phenoxy) is 1. The van der Waals surface area contributed by atoms with Crippen molar-refractivity contribution >= 4 is 33.0 Å². The van der Waals surface area contributed by atoms with Crippen LogP contribution >= 0.6 is 27.5 Å². The van der Waals surface area contributed by atoms with Gasteiger partial charge in [-0.2, -0.15) is 0 Å². The number of nitrogens with zero attached hydrogens (tertiary/aromatic N) is 2. The molecule has 0 radical (unpaired) electrons. The first-order chi connectivity index (χ1) is 10.0. The van der Waals surface area contributed by atoms with Crippen LogP contribution in [0.25, 0.3) is 16.6 Å². The van der Waals surface area contributed by atoms with Crippen LogP contribution in [-0.4, -0.2) is 16.5 Å². The Morgan fingerprint density at radius 2 is 1.86 bits per heavy atom. The summed E-state index contributed by atoms with van der Waals surface area (Å²) in [4.78, 5) is 4.28. The lowest BCUT2D eigenvalue weighted by Gasteiger charge is -2.06. The Bertz CT molecular complexity index is 825. The van der Waals surface area contributed by atoms with Crippen molar-refractivity contribution in [1.29, 1.82) is 0 Å². The number of aromatic nitrogens is 2. The van der Waals surface area contributed by atoms with Gasteiger partial charge in [0.1, 0.15) is 5.75 Å². The van der Waals surface area contributed by atoms with E-state index in [-0.39, 0.29) is 0 Å². The minimum absolute atomic E-state index is 0.500. The molecule has 0 bridgehead atoms. The Hall–Kier alpha value is -1.52. The standard InChI is InChI=1S/C16H14BrClN2O/c1-9-8-19-16(18)15-13(14(17)10(2)20(9)15)11-4-6-12(21-3)7-5-11/h4-8H,1-3H3. The molecular weight excluding hydrogens is 352 g/mol. The first kappa shape index (κ1) is 14.4. The maximum absolute atomic E-state index is 6.35. The zero-order valence-corrected chi connectivity index (χ0v) is 14.3. The van der Waals surface area contributed by atoms with E-state index in [9.17, 15) is 0 Å². The van der Waals surface area contributed by atoms with Crippen LogP contribution in [0.15, 0.2) is 34.9 Å². The number of methoxy groups -OCH3 is 1. The lowest BCUT2D eigenvalue weighted by Crippen LogP contribution is -1.95. The van der Waals surface area contributed by atoms with Crippen LogP contribution in [0.1, 0.15) is 11.4 Å². The van der Waals surface area contributed by atoms with Crippen molar-refractivity contribution in [2.75, 3.05) is 7.11 Å². The number of rotatable bonds is 2. The minimum atomic E-state index is 0.500. The molecule has 0 saturated heterocycles. The second kappa shape index (κ2) is 5.35. The van der Waals surface area contributed by atoms with E-state index >= 15 is 0 Å². The summed E-state index contributed by atoms with van der Waals surface area (Å²) in [5.74, 6) is 0.829. The van der Waals surface area contributed by atoms with Gasteiger partial charge in [-0.3, -0.25) is 0 Å². The fraction of sp³-hybridized carbons (Fsp3) is 0.188. The van der Waals surface area contributed by atoms with Crippen molar-refractivity contribution in [3.63, 3.8) is 0 Å². The molecule has 0 aliphatic heterocycles. The van der Waals surface area contributed by atoms with E-state index in [0.29, 0.717) is 5.15 Å². The largest absolute Gasteiger partial charge is 0.497 e. The zero-order chi connectivity index (χ0) is 15.1. The summed E-state index contributed by atoms with van der Waals surface area (Å²) in [6.07, 6.45) is 1.78. The van der Waals surface area contributed by atoms with E-state index in [0.717, 1.165) is 38.3 Å². The Morgan fingerprint density at radius 1 is 1.19 bits per heavy atom. The Balaban J connectivity index is 2.36. The lowest BCUT2D eigenvalue weighted by atomic mass is 10.1. The normalized spacial score (nSPS) is 11.1. The molecule has 5 heteroatoms. The molecule has 108 valence electrons. The molecule has 3 aromatic rings. The predicted octanol–water partition coefficient (Wildman–Crippen LogP) is 5.04. The molecule has 0 saturated carbocycles. The molecule has 0 spiro atoms. The van der Waals surface area contributed by atoms with Crippen LogP contribution in [-0.2, 0) is 0 Å². The quantitative estimate of drug-likeness (QED) is 0.636. The van der Waals surface area contributed by atoms with Gasteiger partial charge < -0.3 is 9.14 Å². The highest BCUT2D eigenvalue weighted by molar-refractivity contribution is 9.10. The van der Waals surface area contributed by atoms with E-state index in [4.69, 9.17) is 16.3 Å². The molecule has 0 aliphatic carbocycles. The van der Waals surface area contributed by atoms with Gasteiger partial charge in [0, 0.05) is 27.6 Å². The number of benzene rings is 1. The first-order valence-corrected chi connectivity index (χ1v) is 7.67. The van der Waals surface area contributed by atoms with Crippen LogP contribution in [0.2, 0.25) is 5.15 Å². The third-order valence-corrected chi connectivity index (χ3v) is 4.87. The van der Waals surface area contributed by atoms with Crippen molar-refractivity contribution < 1.29 is 4.74 Å². The number of aryl methyl sites for hydroxylation is 2. The van der Waals surface area contributed by atoms with Crippen LogP contribution in [0, 0.1) is 13.8 Å². The third kappa shape index (κ3) is 2.23. The molecule has 2 aromatic heterocycles. The number of hydrogen-bond acceptors (Lipinski definition) is 2. The van der Waals surface area contributed by atoms with E-state index < -0.39 is 0 Å². The number of halogens is 2. The van der Waals surface area contributed by atoms with Gasteiger partial charge in [0.2, 0.25) is 0 Å². The highest BCUT2D eigenvalue weighted by atomic mass is 79.9. The second-order valence-electron chi connectivity index (χ2n) is 4.88. The van der Waals surface area contributed by atoms with E-state index in [1.165, 1.54) is 0 Å². The molecule has 0 atom stereocenters.